The molecular weight excluding hydrogens is 260 g/mol. The van der Waals surface area contributed by atoms with Gasteiger partial charge in [0.25, 0.3) is 5.91 Å². The minimum Gasteiger partial charge on any atom is -0.478 e. The third kappa shape index (κ3) is 2.37. The lowest BCUT2D eigenvalue weighted by Crippen LogP contribution is -2.16. The van der Waals surface area contributed by atoms with Crippen molar-refractivity contribution in [1.29, 1.82) is 0 Å². The number of nitrogens with zero attached hydrogens (tertiary/aromatic N) is 2. The van der Waals surface area contributed by atoms with E-state index >= 15 is 0 Å². The molecule has 102 valence electrons. The number of H-pyrrole nitrogens is 1. The van der Waals surface area contributed by atoms with Crippen molar-refractivity contribution in [2.45, 2.75) is 18.8 Å². The van der Waals surface area contributed by atoms with Gasteiger partial charge in [-0.05, 0) is 25.0 Å². The highest BCUT2D eigenvalue weighted by Crippen LogP contribution is 2.37. The van der Waals surface area contributed by atoms with E-state index in [4.69, 9.17) is 5.11 Å². The van der Waals surface area contributed by atoms with Crippen molar-refractivity contribution in [3.8, 4) is 0 Å². The van der Waals surface area contributed by atoms with Crippen LogP contribution in [0.1, 0.15) is 45.6 Å². The van der Waals surface area contributed by atoms with Crippen LogP contribution in [0.4, 0.5) is 5.69 Å². The van der Waals surface area contributed by atoms with Crippen molar-refractivity contribution in [3.05, 3.63) is 41.5 Å². The number of hydrogen-bond acceptors (Lipinski definition) is 4. The van der Waals surface area contributed by atoms with Crippen molar-refractivity contribution in [3.63, 3.8) is 0 Å². The Balaban J connectivity index is 1.79. The van der Waals surface area contributed by atoms with Gasteiger partial charge in [-0.1, -0.05) is 12.1 Å². The molecule has 1 saturated carbocycles. The summed E-state index contributed by atoms with van der Waals surface area (Å²) in [5.41, 5.74) is 0.251. The molecule has 0 saturated heterocycles. The molecule has 0 radical (unpaired) electrons. The van der Waals surface area contributed by atoms with Crippen LogP contribution in [-0.2, 0) is 0 Å². The summed E-state index contributed by atoms with van der Waals surface area (Å²) in [7, 11) is 0. The number of carbonyl (C=O) groups is 2. The lowest BCUT2D eigenvalue weighted by atomic mass is 10.2. The van der Waals surface area contributed by atoms with Crippen LogP contribution in [0.3, 0.4) is 0 Å². The predicted molar refractivity (Wildman–Crippen MR) is 69.7 cm³/mol. The first-order valence-corrected chi connectivity index (χ1v) is 6.21. The first-order chi connectivity index (χ1) is 9.65. The van der Waals surface area contributed by atoms with Crippen LogP contribution < -0.4 is 5.32 Å². The summed E-state index contributed by atoms with van der Waals surface area (Å²) in [5.74, 6) is -0.527. The molecule has 7 heteroatoms. The summed E-state index contributed by atoms with van der Waals surface area (Å²) in [6.07, 6.45) is 2.11. The first-order valence-electron chi connectivity index (χ1n) is 6.21. The van der Waals surface area contributed by atoms with Crippen molar-refractivity contribution < 1.29 is 14.7 Å². The molecule has 7 nitrogen and oxygen atoms in total. The highest BCUT2D eigenvalue weighted by Gasteiger charge is 2.28. The maximum atomic E-state index is 12.0. The highest BCUT2D eigenvalue weighted by molar-refractivity contribution is 6.05. The van der Waals surface area contributed by atoms with Gasteiger partial charge in [-0.25, -0.2) is 9.78 Å². The molecule has 2 aromatic rings. The summed E-state index contributed by atoms with van der Waals surface area (Å²) in [4.78, 5) is 27.2. The van der Waals surface area contributed by atoms with Gasteiger partial charge in [-0.2, -0.15) is 0 Å². The number of para-hydroxylation sites is 1. The largest absolute Gasteiger partial charge is 0.478 e. The van der Waals surface area contributed by atoms with Gasteiger partial charge in [0.2, 0.25) is 5.82 Å². The maximum Gasteiger partial charge on any atom is 0.337 e. The van der Waals surface area contributed by atoms with Crippen LogP contribution in [0.25, 0.3) is 0 Å². The Hall–Kier alpha value is -2.70. The van der Waals surface area contributed by atoms with Crippen LogP contribution in [-0.4, -0.2) is 32.2 Å². The Morgan fingerprint density at radius 2 is 2.05 bits per heavy atom. The smallest absolute Gasteiger partial charge is 0.337 e. The lowest BCUT2D eigenvalue weighted by molar-refractivity contribution is 0.0698. The van der Waals surface area contributed by atoms with Gasteiger partial charge in [0.15, 0.2) is 0 Å². The number of carbonyl (C=O) groups excluding carboxylic acids is 1. The number of aromatic carboxylic acids is 1. The molecule has 0 aliphatic heterocycles. The van der Waals surface area contributed by atoms with Gasteiger partial charge in [-0.15, -0.1) is 5.10 Å². The summed E-state index contributed by atoms with van der Waals surface area (Å²) in [6, 6.07) is 6.19. The van der Waals surface area contributed by atoms with Gasteiger partial charge < -0.3 is 10.4 Å². The van der Waals surface area contributed by atoms with Gasteiger partial charge in [-0.3, -0.25) is 9.89 Å². The van der Waals surface area contributed by atoms with Crippen molar-refractivity contribution in [2.24, 2.45) is 0 Å². The van der Waals surface area contributed by atoms with Crippen LogP contribution in [0.2, 0.25) is 0 Å². The molecule has 3 N–H and O–H groups in total. The van der Waals surface area contributed by atoms with E-state index in [1.165, 1.54) is 12.1 Å². The Morgan fingerprint density at radius 1 is 1.30 bits per heavy atom. The lowest BCUT2D eigenvalue weighted by Gasteiger charge is -2.05. The predicted octanol–water partition coefficient (Wildman–Crippen LogP) is 1.63. The fourth-order valence-electron chi connectivity index (χ4n) is 1.87. The van der Waals surface area contributed by atoms with Gasteiger partial charge >= 0.3 is 5.97 Å². The molecule has 1 aliphatic carbocycles. The van der Waals surface area contributed by atoms with Gasteiger partial charge in [0.1, 0.15) is 5.82 Å². The number of carboxylic acid groups (broad SMARTS) is 1. The Bertz CT molecular complexity index is 676. The molecule has 20 heavy (non-hydrogen) atoms. The minimum atomic E-state index is -1.10. The van der Waals surface area contributed by atoms with E-state index in [1.54, 1.807) is 12.1 Å². The molecule has 1 aromatic heterocycles. The summed E-state index contributed by atoms with van der Waals surface area (Å²) >= 11 is 0. The zero-order valence-electron chi connectivity index (χ0n) is 10.5. The van der Waals surface area contributed by atoms with E-state index in [9.17, 15) is 9.59 Å². The van der Waals surface area contributed by atoms with Crippen LogP contribution >= 0.6 is 0 Å². The van der Waals surface area contributed by atoms with Crippen LogP contribution in [0, 0.1) is 0 Å². The number of aromatic nitrogens is 3. The first kappa shape index (κ1) is 12.3. The molecule has 1 aliphatic rings. The maximum absolute atomic E-state index is 12.0. The molecule has 1 amide bonds. The van der Waals surface area contributed by atoms with Crippen LogP contribution in [0.5, 0.6) is 0 Å². The number of rotatable bonds is 4. The van der Waals surface area contributed by atoms with Gasteiger partial charge in [0.05, 0.1) is 11.3 Å². The topological polar surface area (TPSA) is 108 Å². The second-order valence-electron chi connectivity index (χ2n) is 4.62. The molecule has 1 aromatic carbocycles. The highest BCUT2D eigenvalue weighted by atomic mass is 16.4. The second kappa shape index (κ2) is 4.76. The van der Waals surface area contributed by atoms with E-state index in [0.717, 1.165) is 12.8 Å². The van der Waals surface area contributed by atoms with E-state index in [1.807, 2.05) is 0 Å². The fourth-order valence-corrected chi connectivity index (χ4v) is 1.87. The average Bonchev–Trinajstić information content (AvgIpc) is 3.16. The number of anilines is 1. The molecule has 3 rings (SSSR count). The molecular formula is C13H12N4O3. The minimum absolute atomic E-state index is 0.0205. The number of hydrogen-bond donors (Lipinski definition) is 3. The van der Waals surface area contributed by atoms with Crippen LogP contribution in [0.15, 0.2) is 24.3 Å². The quantitative estimate of drug-likeness (QED) is 0.784. The van der Waals surface area contributed by atoms with E-state index in [-0.39, 0.29) is 17.1 Å². The standard InChI is InChI=1S/C13H12N4O3/c18-12(11-15-10(16-17-11)7-5-6-7)14-9-4-2-1-3-8(9)13(19)20/h1-4,7H,5-6H2,(H,14,18)(H,19,20)(H,15,16,17). The number of carboxylic acids is 1. The average molecular weight is 272 g/mol. The Morgan fingerprint density at radius 3 is 2.75 bits per heavy atom. The van der Waals surface area contributed by atoms with Crippen molar-refractivity contribution >= 4 is 17.6 Å². The SMILES string of the molecule is O=C(Nc1ccccc1C(=O)O)c1n[nH]c(C2CC2)n1. The number of nitrogens with one attached hydrogen (secondary N) is 2. The zero-order chi connectivity index (χ0) is 14.1. The third-order valence-electron chi connectivity index (χ3n) is 3.08. The molecule has 0 atom stereocenters. The Labute approximate surface area is 114 Å². The summed E-state index contributed by atoms with van der Waals surface area (Å²) < 4.78 is 0. The zero-order valence-corrected chi connectivity index (χ0v) is 10.5. The summed E-state index contributed by atoms with van der Waals surface area (Å²) in [5, 5.41) is 18.1. The number of amides is 1. The number of aromatic amines is 1. The van der Waals surface area contributed by atoms with Gasteiger partial charge in [0, 0.05) is 5.92 Å². The van der Waals surface area contributed by atoms with E-state index in [0.29, 0.717) is 11.7 Å². The van der Waals surface area contributed by atoms with Crippen molar-refractivity contribution in [1.82, 2.24) is 15.2 Å². The van der Waals surface area contributed by atoms with E-state index < -0.39 is 11.9 Å². The molecule has 0 spiro atoms. The molecule has 1 fully saturated rings. The summed E-state index contributed by atoms with van der Waals surface area (Å²) in [6.45, 7) is 0. The normalized spacial score (nSPS) is 14.0. The molecule has 0 bridgehead atoms. The third-order valence-corrected chi connectivity index (χ3v) is 3.08. The number of benzene rings is 1. The monoisotopic (exact) mass is 272 g/mol. The Kier molecular flexibility index (Phi) is 2.94. The van der Waals surface area contributed by atoms with E-state index in [2.05, 4.69) is 20.5 Å². The molecule has 0 unspecified atom stereocenters. The fraction of sp³-hybridized carbons (Fsp3) is 0.231. The molecule has 1 heterocycles. The second-order valence-corrected chi connectivity index (χ2v) is 4.62. The van der Waals surface area contributed by atoms with Crippen molar-refractivity contribution in [2.75, 3.05) is 5.32 Å².